The standard InChI is InChI=1S/C14H24N4O/c1-4-7-18-9-6-15-13(14(18)19)16-12-5-8-17(3)10-11(12)2/h6,9,11-12H,4-5,7-8,10H2,1-3H3,(H,15,16). The van der Waals surface area contributed by atoms with Crippen LogP contribution in [0.3, 0.4) is 0 Å². The van der Waals surface area contributed by atoms with Crippen molar-refractivity contribution in [2.45, 2.75) is 39.3 Å². The van der Waals surface area contributed by atoms with E-state index in [1.807, 2.05) is 0 Å². The Bertz CT molecular complexity index is 471. The van der Waals surface area contributed by atoms with Crippen LogP contribution < -0.4 is 10.9 Å². The summed E-state index contributed by atoms with van der Waals surface area (Å²) in [6.07, 6.45) is 5.48. The molecule has 1 N–H and O–H groups in total. The van der Waals surface area contributed by atoms with Gasteiger partial charge in [-0.15, -0.1) is 0 Å². The summed E-state index contributed by atoms with van der Waals surface area (Å²) in [6.45, 7) is 7.17. The molecule has 5 heteroatoms. The van der Waals surface area contributed by atoms with Crippen LogP contribution in [0.1, 0.15) is 26.7 Å². The average Bonchev–Trinajstić information content (AvgIpc) is 2.37. The predicted octanol–water partition coefficient (Wildman–Crippen LogP) is 1.41. The smallest absolute Gasteiger partial charge is 0.293 e. The number of rotatable bonds is 4. The van der Waals surface area contributed by atoms with E-state index in [-0.39, 0.29) is 5.56 Å². The van der Waals surface area contributed by atoms with E-state index in [9.17, 15) is 4.79 Å². The van der Waals surface area contributed by atoms with Crippen molar-refractivity contribution in [2.75, 3.05) is 25.5 Å². The Labute approximate surface area is 114 Å². The zero-order valence-corrected chi connectivity index (χ0v) is 12.1. The first-order valence-corrected chi connectivity index (χ1v) is 7.12. The van der Waals surface area contributed by atoms with Crippen LogP contribution in [0, 0.1) is 5.92 Å². The summed E-state index contributed by atoms with van der Waals surface area (Å²) in [5.41, 5.74) is -0.00419. The van der Waals surface area contributed by atoms with Crippen molar-refractivity contribution in [1.29, 1.82) is 0 Å². The van der Waals surface area contributed by atoms with E-state index in [0.29, 0.717) is 17.8 Å². The fourth-order valence-electron chi connectivity index (χ4n) is 2.71. The Morgan fingerprint density at radius 2 is 2.32 bits per heavy atom. The number of hydrogen-bond acceptors (Lipinski definition) is 4. The molecule has 19 heavy (non-hydrogen) atoms. The Kier molecular flexibility index (Phi) is 4.58. The van der Waals surface area contributed by atoms with Crippen LogP contribution in [0.25, 0.3) is 0 Å². The van der Waals surface area contributed by atoms with E-state index in [2.05, 4.69) is 36.1 Å². The molecule has 2 rings (SSSR count). The van der Waals surface area contributed by atoms with E-state index < -0.39 is 0 Å². The highest BCUT2D eigenvalue weighted by molar-refractivity contribution is 5.32. The molecule has 0 aliphatic carbocycles. The van der Waals surface area contributed by atoms with Crippen LogP contribution in [-0.4, -0.2) is 40.6 Å². The molecule has 5 nitrogen and oxygen atoms in total. The van der Waals surface area contributed by atoms with Crippen molar-refractivity contribution < 1.29 is 0 Å². The van der Waals surface area contributed by atoms with E-state index in [0.717, 1.165) is 32.5 Å². The minimum absolute atomic E-state index is 0.00419. The molecule has 0 saturated carbocycles. The van der Waals surface area contributed by atoms with Crippen LogP contribution in [0.15, 0.2) is 17.2 Å². The second-order valence-electron chi connectivity index (χ2n) is 5.55. The van der Waals surface area contributed by atoms with Gasteiger partial charge in [0.25, 0.3) is 5.56 Å². The third-order valence-corrected chi connectivity index (χ3v) is 3.81. The lowest BCUT2D eigenvalue weighted by atomic mass is 9.94. The largest absolute Gasteiger partial charge is 0.362 e. The van der Waals surface area contributed by atoms with Gasteiger partial charge < -0.3 is 14.8 Å². The van der Waals surface area contributed by atoms with Gasteiger partial charge in [-0.25, -0.2) is 4.98 Å². The Hall–Kier alpha value is -1.36. The summed E-state index contributed by atoms with van der Waals surface area (Å²) < 4.78 is 1.73. The fraction of sp³-hybridized carbons (Fsp3) is 0.714. The number of hydrogen-bond donors (Lipinski definition) is 1. The molecule has 106 valence electrons. The van der Waals surface area contributed by atoms with Gasteiger partial charge in [0.1, 0.15) is 0 Å². The third kappa shape index (κ3) is 3.35. The van der Waals surface area contributed by atoms with Crippen LogP contribution >= 0.6 is 0 Å². The molecule has 0 aromatic carbocycles. The molecule has 1 aliphatic heterocycles. The second kappa shape index (κ2) is 6.19. The molecule has 1 aliphatic rings. The van der Waals surface area contributed by atoms with Gasteiger partial charge in [-0.1, -0.05) is 13.8 Å². The number of piperidine rings is 1. The fourth-order valence-corrected chi connectivity index (χ4v) is 2.71. The second-order valence-corrected chi connectivity index (χ2v) is 5.55. The van der Waals surface area contributed by atoms with Crippen molar-refractivity contribution in [3.8, 4) is 0 Å². The summed E-state index contributed by atoms with van der Waals surface area (Å²) in [6, 6.07) is 0.342. The summed E-state index contributed by atoms with van der Waals surface area (Å²) >= 11 is 0. The number of anilines is 1. The monoisotopic (exact) mass is 264 g/mol. The summed E-state index contributed by atoms with van der Waals surface area (Å²) in [7, 11) is 2.14. The highest BCUT2D eigenvalue weighted by Crippen LogP contribution is 2.18. The maximum atomic E-state index is 12.2. The van der Waals surface area contributed by atoms with Crippen LogP contribution in [0.2, 0.25) is 0 Å². The Morgan fingerprint density at radius 1 is 1.53 bits per heavy atom. The maximum Gasteiger partial charge on any atom is 0.293 e. The van der Waals surface area contributed by atoms with Crippen molar-refractivity contribution in [1.82, 2.24) is 14.5 Å². The maximum absolute atomic E-state index is 12.2. The normalized spacial score (nSPS) is 24.4. The molecule has 2 heterocycles. The van der Waals surface area contributed by atoms with E-state index in [4.69, 9.17) is 0 Å². The van der Waals surface area contributed by atoms with Gasteiger partial charge in [-0.2, -0.15) is 0 Å². The van der Waals surface area contributed by atoms with Gasteiger partial charge in [0, 0.05) is 31.5 Å². The van der Waals surface area contributed by atoms with Gasteiger partial charge in [0.15, 0.2) is 5.82 Å². The third-order valence-electron chi connectivity index (χ3n) is 3.81. The van der Waals surface area contributed by atoms with E-state index in [1.165, 1.54) is 0 Å². The van der Waals surface area contributed by atoms with Crippen molar-refractivity contribution in [3.05, 3.63) is 22.7 Å². The highest BCUT2D eigenvalue weighted by Gasteiger charge is 2.25. The van der Waals surface area contributed by atoms with Gasteiger partial charge >= 0.3 is 0 Å². The Morgan fingerprint density at radius 3 is 3.00 bits per heavy atom. The van der Waals surface area contributed by atoms with Gasteiger partial charge in [-0.3, -0.25) is 4.79 Å². The lowest BCUT2D eigenvalue weighted by Gasteiger charge is -2.35. The average molecular weight is 264 g/mol. The summed E-state index contributed by atoms with van der Waals surface area (Å²) in [5, 5.41) is 3.35. The zero-order chi connectivity index (χ0) is 13.8. The van der Waals surface area contributed by atoms with Crippen LogP contribution in [-0.2, 0) is 6.54 Å². The number of aryl methyl sites for hydroxylation is 1. The minimum Gasteiger partial charge on any atom is -0.362 e. The predicted molar refractivity (Wildman–Crippen MR) is 77.5 cm³/mol. The van der Waals surface area contributed by atoms with Crippen molar-refractivity contribution in [3.63, 3.8) is 0 Å². The van der Waals surface area contributed by atoms with E-state index >= 15 is 0 Å². The first-order chi connectivity index (χ1) is 9.11. The van der Waals surface area contributed by atoms with Crippen LogP contribution in [0.5, 0.6) is 0 Å². The van der Waals surface area contributed by atoms with Crippen LogP contribution in [0.4, 0.5) is 5.82 Å². The molecule has 2 atom stereocenters. The number of nitrogens with one attached hydrogen (secondary N) is 1. The number of nitrogens with zero attached hydrogens (tertiary/aromatic N) is 3. The molecule has 1 aromatic heterocycles. The molecular weight excluding hydrogens is 240 g/mol. The van der Waals surface area contributed by atoms with Gasteiger partial charge in [0.05, 0.1) is 0 Å². The van der Waals surface area contributed by atoms with Gasteiger partial charge in [0.2, 0.25) is 0 Å². The quantitative estimate of drug-likeness (QED) is 0.893. The summed E-state index contributed by atoms with van der Waals surface area (Å²) in [5.74, 6) is 1.03. The molecule has 1 aromatic rings. The summed E-state index contributed by atoms with van der Waals surface area (Å²) in [4.78, 5) is 18.8. The number of aromatic nitrogens is 2. The molecule has 2 unspecified atom stereocenters. The first kappa shape index (κ1) is 14.1. The molecule has 1 saturated heterocycles. The minimum atomic E-state index is -0.00419. The SMILES string of the molecule is CCCn1ccnc(NC2CCN(C)CC2C)c1=O. The molecule has 0 spiro atoms. The topological polar surface area (TPSA) is 50.2 Å². The lowest BCUT2D eigenvalue weighted by Crippen LogP contribution is -2.44. The number of likely N-dealkylation sites (tertiary alicyclic amines) is 1. The van der Waals surface area contributed by atoms with Gasteiger partial charge in [-0.05, 0) is 32.4 Å². The Balaban J connectivity index is 2.11. The van der Waals surface area contributed by atoms with Crippen molar-refractivity contribution in [2.24, 2.45) is 5.92 Å². The zero-order valence-electron chi connectivity index (χ0n) is 12.1. The first-order valence-electron chi connectivity index (χ1n) is 7.12. The molecule has 0 radical (unpaired) electrons. The molecule has 0 amide bonds. The molecule has 1 fully saturated rings. The highest BCUT2D eigenvalue weighted by atomic mass is 16.1. The lowest BCUT2D eigenvalue weighted by molar-refractivity contribution is 0.206. The molecule has 0 bridgehead atoms. The molecular formula is C14H24N4O. The van der Waals surface area contributed by atoms with Crippen molar-refractivity contribution >= 4 is 5.82 Å². The van der Waals surface area contributed by atoms with E-state index in [1.54, 1.807) is 17.0 Å².